The number of hydrogen-bond donors (Lipinski definition) is 1. The standard InChI is InChI=1S/C9H17F2N/c1-9(10,11)8(12-2)7-5-3-4-6-7/h7-8,12H,3-6H2,1-2H3. The second kappa shape index (κ2) is 3.69. The zero-order valence-electron chi connectivity index (χ0n) is 7.74. The molecule has 1 rings (SSSR count). The van der Waals surface area contributed by atoms with E-state index >= 15 is 0 Å². The minimum atomic E-state index is -2.58. The minimum absolute atomic E-state index is 0.176. The van der Waals surface area contributed by atoms with E-state index in [1.165, 1.54) is 0 Å². The molecular formula is C9H17F2N. The Balaban J connectivity index is 2.54. The Kier molecular flexibility index (Phi) is 3.04. The third-order valence-electron chi connectivity index (χ3n) is 2.73. The first-order valence-corrected chi connectivity index (χ1v) is 4.61. The van der Waals surface area contributed by atoms with Crippen molar-refractivity contribution in [3.05, 3.63) is 0 Å². The highest BCUT2D eigenvalue weighted by Crippen LogP contribution is 2.34. The highest BCUT2D eigenvalue weighted by atomic mass is 19.3. The molecule has 1 unspecified atom stereocenters. The van der Waals surface area contributed by atoms with Gasteiger partial charge in [-0.1, -0.05) is 12.8 Å². The Hall–Kier alpha value is -0.180. The normalized spacial score (nSPS) is 23.0. The van der Waals surface area contributed by atoms with Gasteiger partial charge < -0.3 is 5.32 Å². The van der Waals surface area contributed by atoms with Crippen molar-refractivity contribution in [2.45, 2.75) is 44.6 Å². The van der Waals surface area contributed by atoms with Crippen molar-refractivity contribution >= 4 is 0 Å². The monoisotopic (exact) mass is 177 g/mol. The van der Waals surface area contributed by atoms with Gasteiger partial charge in [0.05, 0.1) is 6.04 Å². The smallest absolute Gasteiger partial charge is 0.260 e. The van der Waals surface area contributed by atoms with E-state index in [-0.39, 0.29) is 5.92 Å². The molecule has 1 aliphatic carbocycles. The molecule has 72 valence electrons. The van der Waals surface area contributed by atoms with Gasteiger partial charge in [-0.05, 0) is 25.8 Å². The van der Waals surface area contributed by atoms with Crippen molar-refractivity contribution in [2.24, 2.45) is 5.92 Å². The van der Waals surface area contributed by atoms with Crippen LogP contribution in [0.15, 0.2) is 0 Å². The van der Waals surface area contributed by atoms with E-state index < -0.39 is 12.0 Å². The second-order valence-electron chi connectivity index (χ2n) is 3.77. The summed E-state index contributed by atoms with van der Waals surface area (Å²) < 4.78 is 26.0. The lowest BCUT2D eigenvalue weighted by molar-refractivity contribution is -0.0351. The number of hydrogen-bond acceptors (Lipinski definition) is 1. The Morgan fingerprint density at radius 1 is 1.33 bits per heavy atom. The predicted molar refractivity (Wildman–Crippen MR) is 45.4 cm³/mol. The fourth-order valence-corrected chi connectivity index (χ4v) is 2.19. The average molecular weight is 177 g/mol. The second-order valence-corrected chi connectivity index (χ2v) is 3.77. The Bertz CT molecular complexity index is 136. The molecular weight excluding hydrogens is 160 g/mol. The molecule has 12 heavy (non-hydrogen) atoms. The molecule has 1 nitrogen and oxygen atoms in total. The molecule has 0 aromatic carbocycles. The van der Waals surface area contributed by atoms with Crippen LogP contribution in [0.2, 0.25) is 0 Å². The van der Waals surface area contributed by atoms with Gasteiger partial charge in [0.2, 0.25) is 0 Å². The van der Waals surface area contributed by atoms with Gasteiger partial charge in [-0.25, -0.2) is 8.78 Å². The molecule has 0 aromatic heterocycles. The molecule has 0 bridgehead atoms. The number of halogens is 2. The zero-order valence-corrected chi connectivity index (χ0v) is 7.74. The van der Waals surface area contributed by atoms with Gasteiger partial charge in [-0.2, -0.15) is 0 Å². The van der Waals surface area contributed by atoms with Crippen LogP contribution in [0.3, 0.4) is 0 Å². The summed E-state index contributed by atoms with van der Waals surface area (Å²) in [4.78, 5) is 0. The molecule has 1 fully saturated rings. The van der Waals surface area contributed by atoms with Crippen molar-refractivity contribution < 1.29 is 8.78 Å². The lowest BCUT2D eigenvalue weighted by atomic mass is 9.94. The van der Waals surface area contributed by atoms with Crippen LogP contribution in [0.4, 0.5) is 8.78 Å². The highest BCUT2D eigenvalue weighted by molar-refractivity contribution is 4.87. The molecule has 1 aliphatic rings. The van der Waals surface area contributed by atoms with Crippen molar-refractivity contribution in [2.75, 3.05) is 7.05 Å². The molecule has 1 N–H and O–H groups in total. The molecule has 0 radical (unpaired) electrons. The lowest BCUT2D eigenvalue weighted by Crippen LogP contribution is -2.45. The molecule has 0 aliphatic heterocycles. The number of alkyl halides is 2. The summed E-state index contributed by atoms with van der Waals surface area (Å²) in [5.41, 5.74) is 0. The summed E-state index contributed by atoms with van der Waals surface area (Å²) in [6.45, 7) is 1.01. The first-order valence-electron chi connectivity index (χ1n) is 4.61. The van der Waals surface area contributed by atoms with Crippen LogP contribution in [0, 0.1) is 5.92 Å². The maximum atomic E-state index is 13.0. The number of rotatable bonds is 3. The van der Waals surface area contributed by atoms with E-state index in [0.717, 1.165) is 32.6 Å². The average Bonchev–Trinajstić information content (AvgIpc) is 2.38. The van der Waals surface area contributed by atoms with Crippen LogP contribution >= 0.6 is 0 Å². The zero-order chi connectivity index (χ0) is 9.19. The quantitative estimate of drug-likeness (QED) is 0.698. The summed E-state index contributed by atoms with van der Waals surface area (Å²) >= 11 is 0. The van der Waals surface area contributed by atoms with Gasteiger partial charge in [0, 0.05) is 6.92 Å². The van der Waals surface area contributed by atoms with E-state index in [1.54, 1.807) is 7.05 Å². The first-order chi connectivity index (χ1) is 5.55. The van der Waals surface area contributed by atoms with E-state index in [9.17, 15) is 8.78 Å². The first kappa shape index (κ1) is 9.90. The van der Waals surface area contributed by atoms with Gasteiger partial charge in [0.15, 0.2) is 0 Å². The van der Waals surface area contributed by atoms with Crippen molar-refractivity contribution in [3.8, 4) is 0 Å². The SMILES string of the molecule is CNC(C1CCCC1)C(C)(F)F. The van der Waals surface area contributed by atoms with Gasteiger partial charge in [0.1, 0.15) is 0 Å². The van der Waals surface area contributed by atoms with Gasteiger partial charge in [-0.15, -0.1) is 0 Å². The predicted octanol–water partition coefficient (Wildman–Crippen LogP) is 2.42. The molecule has 0 amide bonds. The van der Waals surface area contributed by atoms with Crippen LogP contribution in [0.1, 0.15) is 32.6 Å². The Morgan fingerprint density at radius 3 is 2.17 bits per heavy atom. The largest absolute Gasteiger partial charge is 0.311 e. The van der Waals surface area contributed by atoms with Crippen LogP contribution in [-0.4, -0.2) is 19.0 Å². The molecule has 0 aromatic rings. The maximum absolute atomic E-state index is 13.0. The van der Waals surface area contributed by atoms with Gasteiger partial charge >= 0.3 is 0 Å². The Morgan fingerprint density at radius 2 is 1.83 bits per heavy atom. The van der Waals surface area contributed by atoms with E-state index in [0.29, 0.717) is 0 Å². The summed E-state index contributed by atoms with van der Waals surface area (Å²) in [6.07, 6.45) is 4.13. The molecule has 3 heteroatoms. The van der Waals surface area contributed by atoms with E-state index in [4.69, 9.17) is 0 Å². The maximum Gasteiger partial charge on any atom is 0.260 e. The highest BCUT2D eigenvalue weighted by Gasteiger charge is 2.39. The molecule has 1 atom stereocenters. The third kappa shape index (κ3) is 2.16. The van der Waals surface area contributed by atoms with Gasteiger partial charge in [-0.3, -0.25) is 0 Å². The van der Waals surface area contributed by atoms with E-state index in [2.05, 4.69) is 5.32 Å². The fraction of sp³-hybridized carbons (Fsp3) is 1.00. The third-order valence-corrected chi connectivity index (χ3v) is 2.73. The Labute approximate surface area is 72.5 Å². The van der Waals surface area contributed by atoms with Crippen LogP contribution in [-0.2, 0) is 0 Å². The summed E-state index contributed by atoms with van der Waals surface area (Å²) in [6, 6.07) is -0.625. The summed E-state index contributed by atoms with van der Waals surface area (Å²) in [7, 11) is 1.63. The summed E-state index contributed by atoms with van der Waals surface area (Å²) in [5, 5.41) is 2.73. The van der Waals surface area contributed by atoms with Crippen LogP contribution in [0.25, 0.3) is 0 Å². The molecule has 0 saturated heterocycles. The molecule has 0 spiro atoms. The lowest BCUT2D eigenvalue weighted by Gasteiger charge is -2.28. The van der Waals surface area contributed by atoms with Crippen LogP contribution in [0.5, 0.6) is 0 Å². The molecule has 0 heterocycles. The van der Waals surface area contributed by atoms with Crippen molar-refractivity contribution in [1.82, 2.24) is 5.32 Å². The van der Waals surface area contributed by atoms with Crippen molar-refractivity contribution in [3.63, 3.8) is 0 Å². The molecule has 1 saturated carbocycles. The van der Waals surface area contributed by atoms with E-state index in [1.807, 2.05) is 0 Å². The minimum Gasteiger partial charge on any atom is -0.311 e. The van der Waals surface area contributed by atoms with Crippen molar-refractivity contribution in [1.29, 1.82) is 0 Å². The summed E-state index contributed by atoms with van der Waals surface area (Å²) in [5.74, 6) is -2.40. The topological polar surface area (TPSA) is 12.0 Å². The fourth-order valence-electron chi connectivity index (χ4n) is 2.19. The van der Waals surface area contributed by atoms with Crippen LogP contribution < -0.4 is 5.32 Å². The number of nitrogens with one attached hydrogen (secondary N) is 1. The van der Waals surface area contributed by atoms with Gasteiger partial charge in [0.25, 0.3) is 5.92 Å².